The van der Waals surface area contributed by atoms with Crippen LogP contribution < -0.4 is 0 Å². The zero-order valence-electron chi connectivity index (χ0n) is 29.3. The Morgan fingerprint density at radius 3 is 1.75 bits per heavy atom. The van der Waals surface area contributed by atoms with Crippen LogP contribution in [0.4, 0.5) is 0 Å². The summed E-state index contributed by atoms with van der Waals surface area (Å²) in [6.07, 6.45) is 8.41. The minimum absolute atomic E-state index is 0.352. The Labute approximate surface area is 312 Å². The van der Waals surface area contributed by atoms with Crippen LogP contribution in [0.1, 0.15) is 49.7 Å². The Morgan fingerprint density at radius 2 is 1.06 bits per heavy atom. The molecule has 4 aliphatic carbocycles. The van der Waals surface area contributed by atoms with E-state index in [0.717, 1.165) is 56.3 Å². The molecule has 4 saturated carbocycles. The van der Waals surface area contributed by atoms with Crippen molar-refractivity contribution in [3.63, 3.8) is 0 Å². The van der Waals surface area contributed by atoms with Crippen molar-refractivity contribution in [2.24, 2.45) is 17.8 Å². The molecule has 5 heteroatoms. The summed E-state index contributed by atoms with van der Waals surface area (Å²) in [4.78, 5) is 15.4. The van der Waals surface area contributed by atoms with Gasteiger partial charge in [-0.1, -0.05) is 109 Å². The van der Waals surface area contributed by atoms with Crippen LogP contribution in [-0.2, 0) is 5.41 Å². The lowest BCUT2D eigenvalue weighted by Gasteiger charge is -2.57. The number of thiophene rings is 1. The third-order valence-corrected chi connectivity index (χ3v) is 13.7. The quantitative estimate of drug-likeness (QED) is 0.179. The molecular formula is C48H36N4S. The predicted octanol–water partition coefficient (Wildman–Crippen LogP) is 12.4. The van der Waals surface area contributed by atoms with Gasteiger partial charge in [-0.15, -0.1) is 11.3 Å². The van der Waals surface area contributed by atoms with E-state index in [2.05, 4.69) is 109 Å². The lowest BCUT2D eigenvalue weighted by atomic mass is 9.48. The average molecular weight is 701 g/mol. The first-order valence-corrected chi connectivity index (χ1v) is 19.7. The molecule has 53 heavy (non-hydrogen) atoms. The number of rotatable bonds is 5. The highest BCUT2D eigenvalue weighted by Gasteiger charge is 2.51. The standard InChI is InChI=1S/C48H36N4S/c49-28-36-5-3-9-40-38(7-4-8-39(36)40)32-11-13-33(14-12-32)45-50-46(34-15-18-37(19-16-34)48-25-29-21-30(26-48)23-31(22-29)27-48)52-47(51-45)35-17-20-42-41-6-1-2-10-43(41)53-44(42)24-35/h1-20,24,29-31H,21-23,25-27H2/t29-,30-,31-,48?. The van der Waals surface area contributed by atoms with E-state index in [9.17, 15) is 5.26 Å². The molecule has 6 aromatic carbocycles. The minimum Gasteiger partial charge on any atom is -0.208 e. The van der Waals surface area contributed by atoms with E-state index in [1.807, 2.05) is 35.6 Å². The Balaban J connectivity index is 1.00. The molecule has 4 bridgehead atoms. The van der Waals surface area contributed by atoms with Crippen LogP contribution in [0.15, 0.2) is 127 Å². The van der Waals surface area contributed by atoms with Crippen molar-refractivity contribution in [2.45, 2.75) is 43.9 Å². The Morgan fingerprint density at radius 1 is 0.509 bits per heavy atom. The molecule has 2 aromatic heterocycles. The fourth-order valence-electron chi connectivity index (χ4n) is 10.5. The van der Waals surface area contributed by atoms with Crippen LogP contribution in [0.5, 0.6) is 0 Å². The van der Waals surface area contributed by atoms with Crippen LogP contribution in [0.3, 0.4) is 0 Å². The van der Waals surface area contributed by atoms with E-state index in [1.54, 1.807) is 0 Å². The monoisotopic (exact) mass is 700 g/mol. The summed E-state index contributed by atoms with van der Waals surface area (Å²) in [5.74, 6) is 4.76. The van der Waals surface area contributed by atoms with E-state index in [1.165, 1.54) is 64.3 Å². The highest BCUT2D eigenvalue weighted by atomic mass is 32.1. The van der Waals surface area contributed by atoms with Gasteiger partial charge in [-0.3, -0.25) is 0 Å². The summed E-state index contributed by atoms with van der Waals surface area (Å²) in [5.41, 5.74) is 7.67. The Hall–Kier alpha value is -5.70. The van der Waals surface area contributed by atoms with Gasteiger partial charge in [0.05, 0.1) is 11.6 Å². The van der Waals surface area contributed by atoms with Gasteiger partial charge in [-0.25, -0.2) is 15.0 Å². The molecule has 4 nitrogen and oxygen atoms in total. The number of hydrogen-bond acceptors (Lipinski definition) is 5. The molecule has 0 radical (unpaired) electrons. The maximum Gasteiger partial charge on any atom is 0.164 e. The second-order valence-corrected chi connectivity index (χ2v) is 16.9. The number of fused-ring (bicyclic) bond motifs is 4. The molecule has 12 rings (SSSR count). The van der Waals surface area contributed by atoms with Crippen molar-refractivity contribution in [1.82, 2.24) is 15.0 Å². The third kappa shape index (κ3) is 5.11. The van der Waals surface area contributed by atoms with Crippen LogP contribution in [0, 0.1) is 29.1 Å². The van der Waals surface area contributed by atoms with E-state index < -0.39 is 0 Å². The maximum absolute atomic E-state index is 9.70. The summed E-state index contributed by atoms with van der Waals surface area (Å²) in [6.45, 7) is 0. The van der Waals surface area contributed by atoms with Crippen LogP contribution in [-0.4, -0.2) is 15.0 Å². The van der Waals surface area contributed by atoms with Gasteiger partial charge in [0.2, 0.25) is 0 Å². The predicted molar refractivity (Wildman–Crippen MR) is 217 cm³/mol. The third-order valence-electron chi connectivity index (χ3n) is 12.6. The number of aromatic nitrogens is 3. The summed E-state index contributed by atoms with van der Waals surface area (Å²) in [7, 11) is 0. The van der Waals surface area contributed by atoms with Crippen molar-refractivity contribution in [1.29, 1.82) is 5.26 Å². The van der Waals surface area contributed by atoms with Gasteiger partial charge in [-0.2, -0.15) is 5.26 Å². The lowest BCUT2D eigenvalue weighted by Crippen LogP contribution is -2.48. The highest BCUT2D eigenvalue weighted by Crippen LogP contribution is 2.60. The van der Waals surface area contributed by atoms with Gasteiger partial charge >= 0.3 is 0 Å². The summed E-state index contributed by atoms with van der Waals surface area (Å²) in [6, 6.07) is 47.4. The lowest BCUT2D eigenvalue weighted by molar-refractivity contribution is -0.00518. The van der Waals surface area contributed by atoms with Crippen molar-refractivity contribution >= 4 is 42.3 Å². The van der Waals surface area contributed by atoms with Crippen molar-refractivity contribution < 1.29 is 0 Å². The Kier molecular flexibility index (Phi) is 6.94. The minimum atomic E-state index is 0.352. The molecule has 0 N–H and O–H groups in total. The maximum atomic E-state index is 9.70. The van der Waals surface area contributed by atoms with Crippen LogP contribution >= 0.6 is 11.3 Å². The van der Waals surface area contributed by atoms with E-state index in [4.69, 9.17) is 15.0 Å². The van der Waals surface area contributed by atoms with Crippen LogP contribution in [0.25, 0.3) is 76.2 Å². The van der Waals surface area contributed by atoms with Crippen molar-refractivity contribution in [3.8, 4) is 51.4 Å². The number of nitrogens with zero attached hydrogens (tertiary/aromatic N) is 4. The molecular weight excluding hydrogens is 665 g/mol. The van der Waals surface area contributed by atoms with Crippen molar-refractivity contribution in [3.05, 3.63) is 139 Å². The summed E-state index contributed by atoms with van der Waals surface area (Å²) < 4.78 is 2.51. The van der Waals surface area contributed by atoms with Gasteiger partial charge < -0.3 is 0 Å². The molecule has 0 aliphatic heterocycles. The molecule has 4 aliphatic rings. The van der Waals surface area contributed by atoms with E-state index >= 15 is 0 Å². The van der Waals surface area contributed by atoms with Gasteiger partial charge in [0, 0.05) is 42.2 Å². The molecule has 2 heterocycles. The largest absolute Gasteiger partial charge is 0.208 e. The molecule has 0 saturated heterocycles. The number of nitriles is 1. The van der Waals surface area contributed by atoms with E-state index in [-0.39, 0.29) is 0 Å². The molecule has 0 spiro atoms. The number of benzene rings is 6. The molecule has 0 amide bonds. The zero-order chi connectivity index (χ0) is 35.1. The molecule has 254 valence electrons. The fraction of sp³-hybridized carbons (Fsp3) is 0.208. The second kappa shape index (κ2) is 11.9. The smallest absolute Gasteiger partial charge is 0.164 e. The molecule has 4 fully saturated rings. The average Bonchev–Trinajstić information content (AvgIpc) is 3.58. The molecule has 8 aromatic rings. The second-order valence-electron chi connectivity index (χ2n) is 15.8. The van der Waals surface area contributed by atoms with E-state index in [0.29, 0.717) is 28.5 Å². The van der Waals surface area contributed by atoms with Crippen LogP contribution in [0.2, 0.25) is 0 Å². The topological polar surface area (TPSA) is 62.5 Å². The summed E-state index contributed by atoms with van der Waals surface area (Å²) in [5, 5.41) is 14.3. The summed E-state index contributed by atoms with van der Waals surface area (Å²) >= 11 is 1.81. The normalized spacial score (nSPS) is 21.8. The first-order valence-electron chi connectivity index (χ1n) is 18.9. The van der Waals surface area contributed by atoms with Gasteiger partial charge in [0.25, 0.3) is 0 Å². The molecule has 0 unspecified atom stereocenters. The SMILES string of the molecule is N#Cc1cccc2c(-c3ccc(-c4nc(-c5ccc(C67C[C@H]8C[C@H](C6)C[C@@H](C7)C8)cc5)nc(-c5ccc6c(c5)sc5ccccc56)n4)cc3)cccc12. The zero-order valence-corrected chi connectivity index (χ0v) is 30.1. The van der Waals surface area contributed by atoms with Gasteiger partial charge in [-0.05, 0) is 102 Å². The highest BCUT2D eigenvalue weighted by molar-refractivity contribution is 7.25. The number of hydrogen-bond donors (Lipinski definition) is 0. The van der Waals surface area contributed by atoms with Gasteiger partial charge in [0.15, 0.2) is 17.5 Å². The molecule has 0 atom stereocenters. The van der Waals surface area contributed by atoms with Gasteiger partial charge in [0.1, 0.15) is 0 Å². The first-order chi connectivity index (χ1) is 26.1. The van der Waals surface area contributed by atoms with Crippen molar-refractivity contribution in [2.75, 3.05) is 0 Å². The Bertz CT molecular complexity index is 2740. The first kappa shape index (κ1) is 30.9. The fourth-order valence-corrected chi connectivity index (χ4v) is 11.7.